The third-order valence-electron chi connectivity index (χ3n) is 3.27. The third kappa shape index (κ3) is 4.19. The molecular weight excluding hydrogens is 311 g/mol. The monoisotopic (exact) mass is 326 g/mol. The highest BCUT2D eigenvalue weighted by molar-refractivity contribution is 5.91. The largest absolute Gasteiger partial charge is 0.465 e. The number of aromatic nitrogens is 1. The van der Waals surface area contributed by atoms with Gasteiger partial charge in [-0.3, -0.25) is 4.79 Å². The van der Waals surface area contributed by atoms with Crippen LogP contribution in [-0.4, -0.2) is 17.4 Å². The zero-order valence-electron chi connectivity index (χ0n) is 12.7. The molecule has 1 N–H and O–H groups in total. The molecule has 1 amide bonds. The molecule has 0 radical (unpaired) electrons. The van der Waals surface area contributed by atoms with Crippen LogP contribution in [0.25, 0.3) is 17.5 Å². The first-order chi connectivity index (χ1) is 11.7. The van der Waals surface area contributed by atoms with Crippen molar-refractivity contribution in [1.29, 1.82) is 0 Å². The number of nitrogens with one attached hydrogen (secondary N) is 1. The molecule has 0 saturated carbocycles. The van der Waals surface area contributed by atoms with Crippen LogP contribution in [0.2, 0.25) is 0 Å². The first-order valence-corrected chi connectivity index (χ1v) is 7.40. The van der Waals surface area contributed by atoms with Gasteiger partial charge in [-0.1, -0.05) is 0 Å². The molecule has 122 valence electrons. The number of rotatable bonds is 6. The Hall–Kier alpha value is -3.15. The van der Waals surface area contributed by atoms with E-state index < -0.39 is 0 Å². The van der Waals surface area contributed by atoms with E-state index >= 15 is 0 Å². The van der Waals surface area contributed by atoms with Gasteiger partial charge in [0.15, 0.2) is 0 Å². The smallest absolute Gasteiger partial charge is 0.244 e. The molecule has 5 nitrogen and oxygen atoms in total. The minimum absolute atomic E-state index is 0.214. The van der Waals surface area contributed by atoms with Crippen molar-refractivity contribution in [2.75, 3.05) is 6.54 Å². The summed E-state index contributed by atoms with van der Waals surface area (Å²) in [7, 11) is 0. The molecule has 0 aliphatic carbocycles. The standard InChI is InChI=1S/C18H15FN2O3/c19-14-5-3-13(4-6-14)18-21-15(12-24-18)9-10-20-17(22)8-7-16-2-1-11-23-16/h1-8,11-12H,9-10H2,(H,20,22)/b8-7-. The van der Waals surface area contributed by atoms with E-state index in [9.17, 15) is 9.18 Å². The fourth-order valence-corrected chi connectivity index (χ4v) is 2.06. The third-order valence-corrected chi connectivity index (χ3v) is 3.27. The van der Waals surface area contributed by atoms with E-state index in [-0.39, 0.29) is 11.7 Å². The van der Waals surface area contributed by atoms with Gasteiger partial charge >= 0.3 is 0 Å². The predicted octanol–water partition coefficient (Wildman–Crippen LogP) is 3.45. The average molecular weight is 326 g/mol. The summed E-state index contributed by atoms with van der Waals surface area (Å²) in [5, 5.41) is 2.75. The summed E-state index contributed by atoms with van der Waals surface area (Å²) in [5.41, 5.74) is 1.41. The number of benzene rings is 1. The van der Waals surface area contributed by atoms with Crippen LogP contribution in [0.3, 0.4) is 0 Å². The molecule has 2 aromatic heterocycles. The SMILES string of the molecule is O=C(/C=C\c1ccco1)NCCc1coc(-c2ccc(F)cc2)n1. The second kappa shape index (κ2) is 7.41. The highest BCUT2D eigenvalue weighted by atomic mass is 19.1. The Balaban J connectivity index is 1.49. The fourth-order valence-electron chi connectivity index (χ4n) is 2.06. The first kappa shape index (κ1) is 15.7. The van der Waals surface area contributed by atoms with Gasteiger partial charge in [0.25, 0.3) is 0 Å². The Labute approximate surface area is 137 Å². The number of oxazole rings is 1. The molecule has 0 fully saturated rings. The molecule has 3 rings (SSSR count). The van der Waals surface area contributed by atoms with E-state index in [2.05, 4.69) is 10.3 Å². The maximum Gasteiger partial charge on any atom is 0.244 e. The van der Waals surface area contributed by atoms with Gasteiger partial charge in [-0.25, -0.2) is 9.37 Å². The Kier molecular flexibility index (Phi) is 4.86. The van der Waals surface area contributed by atoms with E-state index in [0.717, 1.165) is 0 Å². The predicted molar refractivity (Wildman–Crippen MR) is 86.4 cm³/mol. The average Bonchev–Trinajstić information content (AvgIpc) is 3.25. The highest BCUT2D eigenvalue weighted by Gasteiger charge is 2.07. The summed E-state index contributed by atoms with van der Waals surface area (Å²) >= 11 is 0. The van der Waals surface area contributed by atoms with Gasteiger partial charge in [0.1, 0.15) is 17.8 Å². The van der Waals surface area contributed by atoms with Crippen molar-refractivity contribution in [3.8, 4) is 11.5 Å². The molecule has 1 aromatic carbocycles. The van der Waals surface area contributed by atoms with Gasteiger partial charge in [-0.15, -0.1) is 0 Å². The lowest BCUT2D eigenvalue weighted by Crippen LogP contribution is -2.23. The first-order valence-electron chi connectivity index (χ1n) is 7.40. The molecule has 24 heavy (non-hydrogen) atoms. The van der Waals surface area contributed by atoms with E-state index in [1.54, 1.807) is 36.6 Å². The van der Waals surface area contributed by atoms with Crippen molar-refractivity contribution in [3.05, 3.63) is 72.3 Å². The topological polar surface area (TPSA) is 68.3 Å². The fraction of sp³-hybridized carbons (Fsp3) is 0.111. The number of hydrogen-bond donors (Lipinski definition) is 1. The van der Waals surface area contributed by atoms with Crippen LogP contribution in [-0.2, 0) is 11.2 Å². The van der Waals surface area contributed by atoms with Crippen molar-refractivity contribution < 1.29 is 18.0 Å². The summed E-state index contributed by atoms with van der Waals surface area (Å²) in [6.07, 6.45) is 6.61. The lowest BCUT2D eigenvalue weighted by molar-refractivity contribution is -0.116. The Bertz CT molecular complexity index is 820. The summed E-state index contributed by atoms with van der Waals surface area (Å²) in [6, 6.07) is 9.42. The lowest BCUT2D eigenvalue weighted by Gasteiger charge is -1.99. The number of amides is 1. The number of hydrogen-bond acceptors (Lipinski definition) is 4. The molecule has 3 aromatic rings. The van der Waals surface area contributed by atoms with Crippen molar-refractivity contribution >= 4 is 12.0 Å². The van der Waals surface area contributed by atoms with Crippen LogP contribution >= 0.6 is 0 Å². The van der Waals surface area contributed by atoms with Crippen LogP contribution in [0.4, 0.5) is 4.39 Å². The van der Waals surface area contributed by atoms with Crippen LogP contribution in [0.5, 0.6) is 0 Å². The Morgan fingerprint density at radius 2 is 2.04 bits per heavy atom. The Morgan fingerprint density at radius 1 is 1.21 bits per heavy atom. The molecule has 6 heteroatoms. The van der Waals surface area contributed by atoms with Crippen molar-refractivity contribution in [2.24, 2.45) is 0 Å². The minimum atomic E-state index is -0.309. The van der Waals surface area contributed by atoms with Crippen molar-refractivity contribution in [2.45, 2.75) is 6.42 Å². The van der Waals surface area contributed by atoms with Gasteiger partial charge in [0.2, 0.25) is 11.8 Å². The molecule has 0 aliphatic rings. The Morgan fingerprint density at radius 3 is 2.79 bits per heavy atom. The number of nitrogens with zero attached hydrogens (tertiary/aromatic N) is 1. The number of halogens is 1. The molecule has 0 aliphatic heterocycles. The number of carbonyl (C=O) groups is 1. The molecular formula is C18H15FN2O3. The van der Waals surface area contributed by atoms with E-state index in [4.69, 9.17) is 8.83 Å². The van der Waals surface area contributed by atoms with Crippen LogP contribution in [0.1, 0.15) is 11.5 Å². The van der Waals surface area contributed by atoms with E-state index in [1.165, 1.54) is 24.5 Å². The van der Waals surface area contributed by atoms with Gasteiger partial charge in [-0.05, 0) is 42.5 Å². The quantitative estimate of drug-likeness (QED) is 0.705. The lowest BCUT2D eigenvalue weighted by atomic mass is 10.2. The minimum Gasteiger partial charge on any atom is -0.465 e. The zero-order valence-corrected chi connectivity index (χ0v) is 12.7. The molecule has 2 heterocycles. The molecule has 0 atom stereocenters. The van der Waals surface area contributed by atoms with Crippen molar-refractivity contribution in [1.82, 2.24) is 10.3 Å². The molecule has 0 unspecified atom stereocenters. The van der Waals surface area contributed by atoms with Gasteiger partial charge in [0, 0.05) is 24.6 Å². The van der Waals surface area contributed by atoms with Crippen LogP contribution in [0.15, 0.2) is 63.8 Å². The second-order valence-corrected chi connectivity index (χ2v) is 5.04. The number of furan rings is 1. The maximum atomic E-state index is 12.9. The van der Waals surface area contributed by atoms with Gasteiger partial charge in [0.05, 0.1) is 12.0 Å². The zero-order chi connectivity index (χ0) is 16.8. The van der Waals surface area contributed by atoms with Crippen molar-refractivity contribution in [3.63, 3.8) is 0 Å². The van der Waals surface area contributed by atoms with Crippen LogP contribution < -0.4 is 5.32 Å². The summed E-state index contributed by atoms with van der Waals surface area (Å²) in [4.78, 5) is 16.0. The highest BCUT2D eigenvalue weighted by Crippen LogP contribution is 2.18. The number of carbonyl (C=O) groups excluding carboxylic acids is 1. The van der Waals surface area contributed by atoms with Gasteiger partial charge < -0.3 is 14.2 Å². The molecule has 0 bridgehead atoms. The summed E-state index contributed by atoms with van der Waals surface area (Å²) < 4.78 is 23.4. The summed E-state index contributed by atoms with van der Waals surface area (Å²) in [6.45, 7) is 0.427. The van der Waals surface area contributed by atoms with E-state index in [1.807, 2.05) is 0 Å². The molecule has 0 spiro atoms. The van der Waals surface area contributed by atoms with Crippen LogP contribution in [0, 0.1) is 5.82 Å². The van der Waals surface area contributed by atoms with E-state index in [0.29, 0.717) is 35.9 Å². The normalized spacial score (nSPS) is 11.0. The van der Waals surface area contributed by atoms with Gasteiger partial charge in [-0.2, -0.15) is 0 Å². The maximum absolute atomic E-state index is 12.9. The second-order valence-electron chi connectivity index (χ2n) is 5.04. The molecule has 0 saturated heterocycles. The summed E-state index contributed by atoms with van der Waals surface area (Å²) in [5.74, 6) is 0.518.